The summed E-state index contributed by atoms with van der Waals surface area (Å²) in [7, 11) is 0. The molecule has 0 aliphatic carbocycles. The summed E-state index contributed by atoms with van der Waals surface area (Å²) in [5.41, 5.74) is 4.29. The van der Waals surface area contributed by atoms with Crippen molar-refractivity contribution in [2.24, 2.45) is 0 Å². The molecule has 0 atom stereocenters. The number of thiazole rings is 1. The minimum atomic E-state index is 0.444. The summed E-state index contributed by atoms with van der Waals surface area (Å²) >= 11 is 19.1. The fourth-order valence-electron chi connectivity index (χ4n) is 1.03. The van der Waals surface area contributed by atoms with Crippen molar-refractivity contribution >= 4 is 46.1 Å². The van der Waals surface area contributed by atoms with Crippen LogP contribution in [0.2, 0.25) is 15.1 Å². The molecule has 0 saturated carbocycles. The highest BCUT2D eigenvalue weighted by Gasteiger charge is 2.09. The highest BCUT2D eigenvalue weighted by Crippen LogP contribution is 2.34. The summed E-state index contributed by atoms with van der Waals surface area (Å²) in [6.07, 6.45) is 0. The summed E-state index contributed by atoms with van der Waals surface area (Å²) in [6, 6.07) is 3.31. The van der Waals surface area contributed by atoms with E-state index in [0.717, 1.165) is 11.3 Å². The van der Waals surface area contributed by atoms with Gasteiger partial charge in [-0.05, 0) is 12.1 Å². The van der Waals surface area contributed by atoms with E-state index >= 15 is 0 Å². The van der Waals surface area contributed by atoms with Gasteiger partial charge >= 0.3 is 0 Å². The van der Waals surface area contributed by atoms with Crippen LogP contribution in [0.3, 0.4) is 0 Å². The van der Waals surface area contributed by atoms with Gasteiger partial charge in [-0.25, -0.2) is 4.98 Å². The molecular formula is C9H3Cl3NS. The van der Waals surface area contributed by atoms with Crippen molar-refractivity contribution in [1.29, 1.82) is 0 Å². The Labute approximate surface area is 100 Å². The molecular weight excluding hydrogens is 261 g/mol. The molecule has 1 aromatic heterocycles. The van der Waals surface area contributed by atoms with Gasteiger partial charge in [0.25, 0.3) is 0 Å². The van der Waals surface area contributed by atoms with Gasteiger partial charge in [-0.3, -0.25) is 0 Å². The molecule has 5 heteroatoms. The Bertz CT molecular complexity index is 453. The lowest BCUT2D eigenvalue weighted by Crippen LogP contribution is -1.80. The number of nitrogens with zero attached hydrogens (tertiary/aromatic N) is 1. The molecule has 0 N–H and O–H groups in total. The first-order valence-corrected chi connectivity index (χ1v) is 5.66. The van der Waals surface area contributed by atoms with E-state index in [1.807, 2.05) is 5.38 Å². The molecule has 1 aromatic carbocycles. The molecule has 14 heavy (non-hydrogen) atoms. The molecule has 0 amide bonds. The van der Waals surface area contributed by atoms with Crippen LogP contribution >= 0.6 is 46.1 Å². The Balaban J connectivity index is 2.60. The molecule has 1 heterocycles. The van der Waals surface area contributed by atoms with Crippen LogP contribution in [-0.4, -0.2) is 4.98 Å². The number of hydrogen-bond acceptors (Lipinski definition) is 2. The summed E-state index contributed by atoms with van der Waals surface area (Å²) in [5.74, 6) is 0. The monoisotopic (exact) mass is 262 g/mol. The molecule has 0 saturated heterocycles. The molecule has 1 nitrogen and oxygen atoms in total. The molecule has 0 aliphatic rings. The Kier molecular flexibility index (Phi) is 2.98. The summed E-state index contributed by atoms with van der Waals surface area (Å²) in [4.78, 5) is 4.03. The van der Waals surface area contributed by atoms with Gasteiger partial charge in [-0.2, -0.15) is 0 Å². The zero-order valence-electron chi connectivity index (χ0n) is 6.72. The highest BCUT2D eigenvalue weighted by atomic mass is 35.5. The van der Waals surface area contributed by atoms with Gasteiger partial charge in [0.05, 0.1) is 20.8 Å². The molecule has 2 aromatic rings. The van der Waals surface area contributed by atoms with Crippen LogP contribution in [0.25, 0.3) is 11.3 Å². The first kappa shape index (κ1) is 10.2. The van der Waals surface area contributed by atoms with Gasteiger partial charge in [0.1, 0.15) is 0 Å². The Morgan fingerprint density at radius 2 is 1.79 bits per heavy atom. The standard InChI is InChI=1S/C9H3Cl3NS/c10-6-2-8(12)7(11)1-5(6)9-3-14-4-13-9/h1-3H. The molecule has 0 fully saturated rings. The van der Waals surface area contributed by atoms with E-state index in [1.54, 1.807) is 12.1 Å². The second-order valence-corrected chi connectivity index (χ2v) is 4.45. The second-order valence-electron chi connectivity index (χ2n) is 2.57. The highest BCUT2D eigenvalue weighted by molar-refractivity contribution is 7.07. The maximum Gasteiger partial charge on any atom is 0.152 e. The number of benzene rings is 1. The zero-order chi connectivity index (χ0) is 10.1. The first-order valence-electron chi connectivity index (χ1n) is 3.65. The van der Waals surface area contributed by atoms with E-state index in [9.17, 15) is 0 Å². The molecule has 0 bridgehead atoms. The summed E-state index contributed by atoms with van der Waals surface area (Å²) in [5, 5.41) is 3.31. The van der Waals surface area contributed by atoms with Gasteiger partial charge in [-0.1, -0.05) is 34.8 Å². The van der Waals surface area contributed by atoms with Crippen LogP contribution in [0.15, 0.2) is 17.5 Å². The average molecular weight is 264 g/mol. The SMILES string of the molecule is Clc1cc(Cl)c(-c2cs[c]n2)cc1Cl. The lowest BCUT2D eigenvalue weighted by atomic mass is 10.2. The third-order valence-corrected chi connectivity index (χ3v) is 3.25. The normalized spacial score (nSPS) is 10.5. The maximum atomic E-state index is 6.00. The van der Waals surface area contributed by atoms with Crippen molar-refractivity contribution in [3.05, 3.63) is 38.1 Å². The van der Waals surface area contributed by atoms with Crippen molar-refractivity contribution in [1.82, 2.24) is 4.98 Å². The van der Waals surface area contributed by atoms with Crippen molar-refractivity contribution in [3.63, 3.8) is 0 Å². The van der Waals surface area contributed by atoms with Gasteiger partial charge in [-0.15, -0.1) is 11.3 Å². The zero-order valence-corrected chi connectivity index (χ0v) is 9.81. The predicted octanol–water partition coefficient (Wildman–Crippen LogP) is 4.57. The van der Waals surface area contributed by atoms with Crippen LogP contribution < -0.4 is 0 Å². The summed E-state index contributed by atoms with van der Waals surface area (Å²) < 4.78 is 0. The molecule has 1 radical (unpaired) electrons. The largest absolute Gasteiger partial charge is 0.233 e. The molecule has 2 rings (SSSR count). The molecule has 71 valence electrons. The van der Waals surface area contributed by atoms with Crippen LogP contribution in [0.4, 0.5) is 0 Å². The van der Waals surface area contributed by atoms with Crippen LogP contribution in [0.5, 0.6) is 0 Å². The van der Waals surface area contributed by atoms with Crippen LogP contribution in [0, 0.1) is 5.51 Å². The van der Waals surface area contributed by atoms with Gasteiger partial charge in [0.15, 0.2) is 5.51 Å². The van der Waals surface area contributed by atoms with E-state index in [4.69, 9.17) is 34.8 Å². The fraction of sp³-hybridized carbons (Fsp3) is 0. The van der Waals surface area contributed by atoms with Gasteiger partial charge < -0.3 is 0 Å². The smallest absolute Gasteiger partial charge is 0.152 e. The van der Waals surface area contributed by atoms with E-state index in [2.05, 4.69) is 10.5 Å². The third kappa shape index (κ3) is 1.89. The van der Waals surface area contributed by atoms with Crippen LogP contribution in [-0.2, 0) is 0 Å². The first-order chi connectivity index (χ1) is 6.68. The van der Waals surface area contributed by atoms with Crippen molar-refractivity contribution in [2.75, 3.05) is 0 Å². The number of hydrogen-bond donors (Lipinski definition) is 0. The van der Waals surface area contributed by atoms with Crippen LogP contribution in [0.1, 0.15) is 0 Å². The second kappa shape index (κ2) is 4.07. The molecule has 0 unspecified atom stereocenters. The predicted molar refractivity (Wildman–Crippen MR) is 61.4 cm³/mol. The van der Waals surface area contributed by atoms with E-state index in [0.29, 0.717) is 15.1 Å². The lowest BCUT2D eigenvalue weighted by Gasteiger charge is -2.02. The van der Waals surface area contributed by atoms with E-state index < -0.39 is 0 Å². The average Bonchev–Trinajstić information content (AvgIpc) is 2.64. The minimum absolute atomic E-state index is 0.444. The number of rotatable bonds is 1. The Morgan fingerprint density at radius 1 is 1.07 bits per heavy atom. The topological polar surface area (TPSA) is 12.9 Å². The maximum absolute atomic E-state index is 6.00. The minimum Gasteiger partial charge on any atom is -0.233 e. The number of aromatic nitrogens is 1. The Morgan fingerprint density at radius 3 is 2.43 bits per heavy atom. The van der Waals surface area contributed by atoms with E-state index in [-0.39, 0.29) is 0 Å². The number of halogens is 3. The lowest BCUT2D eigenvalue weighted by molar-refractivity contribution is 1.40. The summed E-state index contributed by atoms with van der Waals surface area (Å²) in [6.45, 7) is 0. The van der Waals surface area contributed by atoms with Crippen molar-refractivity contribution in [2.45, 2.75) is 0 Å². The van der Waals surface area contributed by atoms with Gasteiger partial charge in [0, 0.05) is 10.9 Å². The fourth-order valence-corrected chi connectivity index (χ4v) is 2.17. The van der Waals surface area contributed by atoms with Gasteiger partial charge in [0.2, 0.25) is 0 Å². The van der Waals surface area contributed by atoms with E-state index in [1.165, 1.54) is 11.3 Å². The third-order valence-electron chi connectivity index (χ3n) is 1.68. The Hall–Kier alpha value is -0.280. The van der Waals surface area contributed by atoms with Crippen molar-refractivity contribution in [3.8, 4) is 11.3 Å². The molecule has 0 spiro atoms. The molecule has 0 aliphatic heterocycles. The van der Waals surface area contributed by atoms with Crippen molar-refractivity contribution < 1.29 is 0 Å². The quantitative estimate of drug-likeness (QED) is 0.687.